The fourth-order valence-corrected chi connectivity index (χ4v) is 6.10. The molecule has 0 saturated carbocycles. The van der Waals surface area contributed by atoms with E-state index >= 15 is 0 Å². The number of benzene rings is 3. The van der Waals surface area contributed by atoms with Gasteiger partial charge in [0.25, 0.3) is 0 Å². The molecule has 0 saturated heterocycles. The fourth-order valence-electron chi connectivity index (χ4n) is 6.10. The van der Waals surface area contributed by atoms with Gasteiger partial charge in [0.15, 0.2) is 0 Å². The summed E-state index contributed by atoms with van der Waals surface area (Å²) in [7, 11) is 3.23. The Morgan fingerprint density at radius 1 is 0.884 bits per heavy atom. The number of phenolic OH excluding ortho intramolecular Hbond substituents is 1. The second-order valence-corrected chi connectivity index (χ2v) is 11.0. The molecule has 224 valence electrons. The Labute approximate surface area is 250 Å². The van der Waals surface area contributed by atoms with Crippen LogP contribution >= 0.6 is 0 Å². The number of hydrogen-bond donors (Lipinski definition) is 3. The molecule has 2 aliphatic rings. The lowest BCUT2D eigenvalue weighted by molar-refractivity contribution is -0.0834. The van der Waals surface area contributed by atoms with Crippen molar-refractivity contribution in [2.75, 3.05) is 39.8 Å². The lowest BCUT2D eigenvalue weighted by Crippen LogP contribution is -2.41. The molecule has 9 nitrogen and oxygen atoms in total. The molecule has 9 heteroatoms. The smallest absolute Gasteiger partial charge is 0.128 e. The molecule has 0 radical (unpaired) electrons. The third kappa shape index (κ3) is 6.04. The minimum atomic E-state index is -0.853. The number of phenols is 1. The van der Waals surface area contributed by atoms with Gasteiger partial charge in [0.2, 0.25) is 0 Å². The second kappa shape index (κ2) is 12.4. The maximum atomic E-state index is 11.9. The average Bonchev–Trinajstić information content (AvgIpc) is 3.01. The summed E-state index contributed by atoms with van der Waals surface area (Å²) < 4.78 is 30.4. The number of aromatic nitrogens is 1. The normalized spacial score (nSPS) is 20.7. The molecular formula is C34H36N2O7. The molecule has 0 aliphatic carbocycles. The first-order valence-electron chi connectivity index (χ1n) is 14.4. The molecule has 1 aromatic heterocycles. The Morgan fingerprint density at radius 3 is 2.49 bits per heavy atom. The number of ether oxygens (including phenoxy) is 5. The monoisotopic (exact) mass is 584 g/mol. The van der Waals surface area contributed by atoms with E-state index in [0.717, 1.165) is 28.0 Å². The minimum Gasteiger partial charge on any atom is -0.508 e. The van der Waals surface area contributed by atoms with Crippen molar-refractivity contribution in [2.45, 2.75) is 25.0 Å². The van der Waals surface area contributed by atoms with Crippen molar-refractivity contribution in [3.8, 4) is 28.7 Å². The summed E-state index contributed by atoms with van der Waals surface area (Å²) in [5, 5.41) is 21.9. The average molecular weight is 585 g/mol. The molecule has 0 amide bonds. The molecule has 2 aliphatic heterocycles. The Hall–Kier alpha value is -4.47. The maximum absolute atomic E-state index is 11.9. The van der Waals surface area contributed by atoms with Crippen LogP contribution in [0.5, 0.6) is 28.7 Å². The van der Waals surface area contributed by atoms with Gasteiger partial charge in [-0.15, -0.1) is 0 Å². The molecule has 0 spiro atoms. The van der Waals surface area contributed by atoms with Gasteiger partial charge >= 0.3 is 0 Å². The van der Waals surface area contributed by atoms with Gasteiger partial charge in [-0.3, -0.25) is 0 Å². The summed E-state index contributed by atoms with van der Waals surface area (Å²) in [6, 6.07) is 20.3. The van der Waals surface area contributed by atoms with E-state index < -0.39 is 6.10 Å². The second-order valence-electron chi connectivity index (χ2n) is 11.0. The van der Waals surface area contributed by atoms with E-state index in [0.29, 0.717) is 54.7 Å². The standard InChI is InChI=1S/C34H36N2O7/c1-39-24-6-7-30-26(16-24)34(41-11-9-20-8-10-36-31(35)14-20)29(19-42-30)28-18-43-33-22(12-21-4-3-5-23(37)13-21)15-25(40-2)17-27(33)32(28)38/h3-8,10,13-17,28-29,32,34,37-38H,9,11-12,18-19H2,1-2H3,(H2,35,36). The van der Waals surface area contributed by atoms with Gasteiger partial charge in [-0.05, 0) is 72.1 Å². The molecule has 3 heterocycles. The highest BCUT2D eigenvalue weighted by Gasteiger charge is 2.44. The number of anilines is 1. The zero-order valence-electron chi connectivity index (χ0n) is 24.2. The highest BCUT2D eigenvalue weighted by molar-refractivity contribution is 5.52. The van der Waals surface area contributed by atoms with Crippen LogP contribution in [0.25, 0.3) is 0 Å². The summed E-state index contributed by atoms with van der Waals surface area (Å²) in [5.41, 5.74) is 10.2. The van der Waals surface area contributed by atoms with Gasteiger partial charge in [-0.2, -0.15) is 0 Å². The summed E-state index contributed by atoms with van der Waals surface area (Å²) in [4.78, 5) is 4.08. The van der Waals surface area contributed by atoms with Crippen LogP contribution in [0.3, 0.4) is 0 Å². The summed E-state index contributed by atoms with van der Waals surface area (Å²) in [6.45, 7) is 1.07. The van der Waals surface area contributed by atoms with Crippen molar-refractivity contribution in [3.63, 3.8) is 0 Å². The number of pyridine rings is 1. The molecule has 6 rings (SSSR count). The molecule has 0 bridgehead atoms. The summed E-state index contributed by atoms with van der Waals surface area (Å²) >= 11 is 0. The predicted molar refractivity (Wildman–Crippen MR) is 161 cm³/mol. The van der Waals surface area contributed by atoms with Gasteiger partial charge < -0.3 is 39.6 Å². The Balaban J connectivity index is 1.30. The highest BCUT2D eigenvalue weighted by Crippen LogP contribution is 2.49. The van der Waals surface area contributed by atoms with Crippen molar-refractivity contribution in [1.82, 2.24) is 4.98 Å². The van der Waals surface area contributed by atoms with Gasteiger partial charge in [0.05, 0.1) is 46.2 Å². The molecule has 4 N–H and O–H groups in total. The molecule has 3 aromatic carbocycles. The first kappa shape index (κ1) is 28.6. The Kier molecular flexibility index (Phi) is 8.26. The van der Waals surface area contributed by atoms with E-state index in [1.165, 1.54) is 0 Å². The number of methoxy groups -OCH3 is 2. The number of aliphatic hydroxyl groups excluding tert-OH is 1. The van der Waals surface area contributed by atoms with Crippen molar-refractivity contribution in [3.05, 3.63) is 101 Å². The SMILES string of the molecule is COc1cc(Cc2cccc(O)c2)c2c(c1)C(O)C(C1COc3ccc(OC)cc3C1OCCc1ccnc(N)c1)CO2. The van der Waals surface area contributed by atoms with E-state index in [1.807, 2.05) is 54.6 Å². The highest BCUT2D eigenvalue weighted by atomic mass is 16.5. The quantitative estimate of drug-likeness (QED) is 0.248. The van der Waals surface area contributed by atoms with Crippen LogP contribution in [-0.4, -0.2) is 49.2 Å². The Bertz CT molecular complexity index is 1590. The molecule has 43 heavy (non-hydrogen) atoms. The lowest BCUT2D eigenvalue weighted by Gasteiger charge is -2.42. The van der Waals surface area contributed by atoms with Gasteiger partial charge in [0.1, 0.15) is 34.6 Å². The number of aromatic hydroxyl groups is 1. The number of nitrogens with two attached hydrogens (primary N) is 1. The zero-order chi connectivity index (χ0) is 29.9. The van der Waals surface area contributed by atoms with E-state index in [9.17, 15) is 10.2 Å². The summed E-state index contributed by atoms with van der Waals surface area (Å²) in [6.07, 6.45) is 1.63. The van der Waals surface area contributed by atoms with Crippen molar-refractivity contribution in [1.29, 1.82) is 0 Å². The number of hydrogen-bond acceptors (Lipinski definition) is 9. The topological polar surface area (TPSA) is 126 Å². The number of aliphatic hydroxyl groups is 1. The van der Waals surface area contributed by atoms with E-state index in [1.54, 1.807) is 32.5 Å². The maximum Gasteiger partial charge on any atom is 0.128 e. The number of fused-ring (bicyclic) bond motifs is 2. The van der Waals surface area contributed by atoms with Crippen LogP contribution < -0.4 is 24.7 Å². The van der Waals surface area contributed by atoms with Crippen molar-refractivity contribution >= 4 is 5.82 Å². The number of rotatable bonds is 9. The van der Waals surface area contributed by atoms with Gasteiger partial charge in [-0.1, -0.05) is 12.1 Å². The number of nitrogens with zero attached hydrogens (tertiary/aromatic N) is 1. The van der Waals surface area contributed by atoms with Crippen LogP contribution in [0.15, 0.2) is 72.9 Å². The van der Waals surface area contributed by atoms with Crippen molar-refractivity contribution < 1.29 is 33.9 Å². The van der Waals surface area contributed by atoms with Crippen LogP contribution in [0, 0.1) is 11.8 Å². The van der Waals surface area contributed by atoms with E-state index in [-0.39, 0.29) is 30.3 Å². The first-order chi connectivity index (χ1) is 20.9. The third-order valence-corrected chi connectivity index (χ3v) is 8.28. The third-order valence-electron chi connectivity index (χ3n) is 8.28. The Morgan fingerprint density at radius 2 is 1.70 bits per heavy atom. The van der Waals surface area contributed by atoms with Gasteiger partial charge in [0, 0.05) is 41.1 Å². The fraction of sp³-hybridized carbons (Fsp3) is 0.324. The van der Waals surface area contributed by atoms with Crippen LogP contribution in [0.2, 0.25) is 0 Å². The molecule has 4 unspecified atom stereocenters. The molecule has 4 atom stereocenters. The molecule has 0 fully saturated rings. The number of nitrogen functional groups attached to an aromatic ring is 1. The van der Waals surface area contributed by atoms with Crippen LogP contribution in [-0.2, 0) is 17.6 Å². The molecule has 4 aromatic rings. The van der Waals surface area contributed by atoms with E-state index in [2.05, 4.69) is 4.98 Å². The minimum absolute atomic E-state index is 0.197. The van der Waals surface area contributed by atoms with Crippen LogP contribution in [0.1, 0.15) is 40.0 Å². The van der Waals surface area contributed by atoms with Gasteiger partial charge in [-0.25, -0.2) is 4.98 Å². The predicted octanol–water partition coefficient (Wildman–Crippen LogP) is 5.03. The zero-order valence-corrected chi connectivity index (χ0v) is 24.2. The largest absolute Gasteiger partial charge is 0.508 e. The molecular weight excluding hydrogens is 548 g/mol. The van der Waals surface area contributed by atoms with Crippen molar-refractivity contribution in [2.24, 2.45) is 11.8 Å². The van der Waals surface area contributed by atoms with Crippen LogP contribution in [0.4, 0.5) is 5.82 Å². The first-order valence-corrected chi connectivity index (χ1v) is 14.4. The lowest BCUT2D eigenvalue weighted by atomic mass is 9.77. The van der Waals surface area contributed by atoms with E-state index in [4.69, 9.17) is 29.4 Å². The summed E-state index contributed by atoms with van der Waals surface area (Å²) in [5.74, 6) is 2.82.